The monoisotopic (exact) mass is 373 g/mol. The van der Waals surface area contributed by atoms with Crippen LogP contribution in [0.3, 0.4) is 0 Å². The summed E-state index contributed by atoms with van der Waals surface area (Å²) < 4.78 is 8.36. The minimum Gasteiger partial charge on any atom is -0.376 e. The number of hydrogen-bond acceptors (Lipinski definition) is 5. The van der Waals surface area contributed by atoms with Gasteiger partial charge in [-0.15, -0.1) is 10.2 Å². The summed E-state index contributed by atoms with van der Waals surface area (Å²) in [5.74, 6) is 3.13. The van der Waals surface area contributed by atoms with Crippen molar-refractivity contribution in [1.82, 2.24) is 19.7 Å². The van der Waals surface area contributed by atoms with Gasteiger partial charge in [0.2, 0.25) is 11.9 Å². The van der Waals surface area contributed by atoms with Gasteiger partial charge in [0, 0.05) is 44.6 Å². The lowest BCUT2D eigenvalue weighted by Gasteiger charge is -2.37. The molecule has 0 radical (unpaired) electrons. The molecule has 1 amide bonds. The smallest absolute Gasteiger partial charge is 0.227 e. The van der Waals surface area contributed by atoms with Gasteiger partial charge in [0.1, 0.15) is 5.82 Å². The number of amides is 1. The van der Waals surface area contributed by atoms with E-state index in [1.54, 1.807) is 0 Å². The molecule has 0 aromatic carbocycles. The van der Waals surface area contributed by atoms with Crippen molar-refractivity contribution in [3.8, 4) is 0 Å². The molecule has 1 unspecified atom stereocenters. The van der Waals surface area contributed by atoms with Crippen LogP contribution in [0.5, 0.6) is 0 Å². The SMILES string of the molecule is O=C1CCCN1C1CCN(c2nnc(C3CC3)n2CC2CCCCO2)CC1. The molecule has 4 heterocycles. The summed E-state index contributed by atoms with van der Waals surface area (Å²) in [4.78, 5) is 16.6. The van der Waals surface area contributed by atoms with Crippen LogP contribution in [0.25, 0.3) is 0 Å². The molecule has 1 aliphatic carbocycles. The summed E-state index contributed by atoms with van der Waals surface area (Å²) >= 11 is 0. The molecular weight excluding hydrogens is 342 g/mol. The van der Waals surface area contributed by atoms with E-state index < -0.39 is 0 Å². The molecule has 1 aromatic rings. The van der Waals surface area contributed by atoms with E-state index in [0.717, 1.165) is 76.7 Å². The lowest BCUT2D eigenvalue weighted by atomic mass is 10.0. The molecule has 3 saturated heterocycles. The Labute approximate surface area is 161 Å². The van der Waals surface area contributed by atoms with E-state index in [0.29, 0.717) is 24.0 Å². The highest BCUT2D eigenvalue weighted by molar-refractivity contribution is 5.78. The Balaban J connectivity index is 1.29. The van der Waals surface area contributed by atoms with Gasteiger partial charge in [0.05, 0.1) is 12.6 Å². The number of likely N-dealkylation sites (tertiary alicyclic amines) is 1. The van der Waals surface area contributed by atoms with Crippen LogP contribution in [0.1, 0.15) is 69.5 Å². The molecule has 5 rings (SSSR count). The molecule has 3 aliphatic heterocycles. The average molecular weight is 374 g/mol. The number of aromatic nitrogens is 3. The van der Waals surface area contributed by atoms with Gasteiger partial charge in [0.25, 0.3) is 0 Å². The van der Waals surface area contributed by atoms with Crippen molar-refractivity contribution >= 4 is 11.9 Å². The fraction of sp³-hybridized carbons (Fsp3) is 0.850. The van der Waals surface area contributed by atoms with Crippen molar-refractivity contribution in [3.05, 3.63) is 5.82 Å². The Hall–Kier alpha value is -1.63. The van der Waals surface area contributed by atoms with E-state index in [1.165, 1.54) is 25.7 Å². The van der Waals surface area contributed by atoms with Crippen LogP contribution in [0, 0.1) is 0 Å². The van der Waals surface area contributed by atoms with Crippen molar-refractivity contribution in [3.63, 3.8) is 0 Å². The highest BCUT2D eigenvalue weighted by Gasteiger charge is 2.35. The van der Waals surface area contributed by atoms with E-state index >= 15 is 0 Å². The zero-order valence-corrected chi connectivity index (χ0v) is 16.2. The number of hydrogen-bond donors (Lipinski definition) is 0. The second-order valence-corrected chi connectivity index (χ2v) is 8.64. The van der Waals surface area contributed by atoms with Crippen LogP contribution < -0.4 is 4.90 Å². The Bertz CT molecular complexity index is 672. The van der Waals surface area contributed by atoms with Gasteiger partial charge in [-0.2, -0.15) is 0 Å². The third-order valence-corrected chi connectivity index (χ3v) is 6.66. The van der Waals surface area contributed by atoms with Crippen molar-refractivity contribution in [1.29, 1.82) is 0 Å². The topological polar surface area (TPSA) is 63.5 Å². The number of nitrogens with zero attached hydrogens (tertiary/aromatic N) is 5. The van der Waals surface area contributed by atoms with Crippen molar-refractivity contribution in [2.75, 3.05) is 31.1 Å². The normalized spacial score (nSPS) is 27.6. The molecule has 4 fully saturated rings. The van der Waals surface area contributed by atoms with E-state index in [9.17, 15) is 4.79 Å². The van der Waals surface area contributed by atoms with Gasteiger partial charge in [-0.3, -0.25) is 9.36 Å². The molecule has 148 valence electrons. The van der Waals surface area contributed by atoms with Gasteiger partial charge >= 0.3 is 0 Å². The van der Waals surface area contributed by atoms with E-state index in [4.69, 9.17) is 4.74 Å². The minimum atomic E-state index is 0.297. The Morgan fingerprint density at radius 1 is 0.963 bits per heavy atom. The van der Waals surface area contributed by atoms with Crippen LogP contribution in [-0.2, 0) is 16.1 Å². The molecule has 27 heavy (non-hydrogen) atoms. The predicted molar refractivity (Wildman–Crippen MR) is 102 cm³/mol. The summed E-state index contributed by atoms with van der Waals surface area (Å²) in [7, 11) is 0. The maximum absolute atomic E-state index is 12.1. The first-order chi connectivity index (χ1) is 13.3. The fourth-order valence-corrected chi connectivity index (χ4v) is 4.95. The zero-order chi connectivity index (χ0) is 18.2. The van der Waals surface area contributed by atoms with Gasteiger partial charge < -0.3 is 14.5 Å². The quantitative estimate of drug-likeness (QED) is 0.793. The lowest BCUT2D eigenvalue weighted by Crippen LogP contribution is -2.46. The average Bonchev–Trinajstić information content (AvgIpc) is 3.33. The summed E-state index contributed by atoms with van der Waals surface area (Å²) in [6, 6.07) is 0.414. The molecule has 4 aliphatic rings. The van der Waals surface area contributed by atoms with Gasteiger partial charge in [-0.05, 0) is 51.4 Å². The maximum Gasteiger partial charge on any atom is 0.227 e. The molecule has 0 bridgehead atoms. The fourth-order valence-electron chi connectivity index (χ4n) is 4.95. The van der Waals surface area contributed by atoms with Crippen LogP contribution in [-0.4, -0.2) is 64.0 Å². The number of carbonyl (C=O) groups is 1. The third-order valence-electron chi connectivity index (χ3n) is 6.66. The van der Waals surface area contributed by atoms with Gasteiger partial charge in [0.15, 0.2) is 0 Å². The van der Waals surface area contributed by atoms with Gasteiger partial charge in [-0.1, -0.05) is 0 Å². The molecule has 1 saturated carbocycles. The van der Waals surface area contributed by atoms with Crippen LogP contribution in [0.2, 0.25) is 0 Å². The first kappa shape index (κ1) is 17.5. The molecule has 7 heteroatoms. The first-order valence-electron chi connectivity index (χ1n) is 10.9. The molecule has 0 N–H and O–H groups in total. The highest BCUT2D eigenvalue weighted by Crippen LogP contribution is 2.40. The predicted octanol–water partition coefficient (Wildman–Crippen LogP) is 2.32. The highest BCUT2D eigenvalue weighted by atomic mass is 16.5. The van der Waals surface area contributed by atoms with Crippen molar-refractivity contribution < 1.29 is 9.53 Å². The molecular formula is C20H31N5O2. The number of carbonyl (C=O) groups excluding carboxylic acids is 1. The zero-order valence-electron chi connectivity index (χ0n) is 16.2. The Morgan fingerprint density at radius 2 is 1.81 bits per heavy atom. The van der Waals surface area contributed by atoms with Crippen LogP contribution in [0.4, 0.5) is 5.95 Å². The maximum atomic E-state index is 12.1. The number of anilines is 1. The van der Waals surface area contributed by atoms with E-state index in [2.05, 4.69) is 24.6 Å². The summed E-state index contributed by atoms with van der Waals surface area (Å²) in [6.45, 7) is 4.64. The van der Waals surface area contributed by atoms with E-state index in [-0.39, 0.29) is 0 Å². The number of ether oxygens (including phenoxy) is 1. The van der Waals surface area contributed by atoms with Crippen LogP contribution in [0.15, 0.2) is 0 Å². The minimum absolute atomic E-state index is 0.297. The van der Waals surface area contributed by atoms with Crippen molar-refractivity contribution in [2.24, 2.45) is 0 Å². The van der Waals surface area contributed by atoms with Gasteiger partial charge in [-0.25, -0.2) is 0 Å². The summed E-state index contributed by atoms with van der Waals surface area (Å²) in [5.41, 5.74) is 0. The summed E-state index contributed by atoms with van der Waals surface area (Å²) in [6.07, 6.45) is 10.2. The second-order valence-electron chi connectivity index (χ2n) is 8.64. The molecule has 7 nitrogen and oxygen atoms in total. The largest absolute Gasteiger partial charge is 0.376 e. The second kappa shape index (κ2) is 7.41. The molecule has 0 spiro atoms. The molecule has 1 atom stereocenters. The third kappa shape index (κ3) is 3.58. The Kier molecular flexibility index (Phi) is 4.80. The van der Waals surface area contributed by atoms with Crippen LogP contribution >= 0.6 is 0 Å². The number of piperidine rings is 1. The molecule has 1 aromatic heterocycles. The Morgan fingerprint density at radius 3 is 2.48 bits per heavy atom. The lowest BCUT2D eigenvalue weighted by molar-refractivity contribution is -0.130. The van der Waals surface area contributed by atoms with Crippen molar-refractivity contribution in [2.45, 2.75) is 82.4 Å². The standard InChI is InChI=1S/C20H31N5O2/c26-18-5-3-10-24(18)16-8-11-23(12-9-16)20-22-21-19(15-6-7-15)25(20)14-17-4-1-2-13-27-17/h15-17H,1-14H2. The number of rotatable bonds is 5. The van der Waals surface area contributed by atoms with E-state index in [1.807, 2.05) is 0 Å². The summed E-state index contributed by atoms with van der Waals surface area (Å²) in [5, 5.41) is 9.19. The first-order valence-corrected chi connectivity index (χ1v) is 10.9.